The lowest BCUT2D eigenvalue weighted by Crippen LogP contribution is -2.41. The molecule has 1 amide bonds. The van der Waals surface area contributed by atoms with Crippen LogP contribution in [-0.4, -0.2) is 26.7 Å². The van der Waals surface area contributed by atoms with Crippen molar-refractivity contribution in [2.75, 3.05) is 0 Å². The number of carbonyl (C=O) groups excluding carboxylic acids is 1. The van der Waals surface area contributed by atoms with E-state index in [2.05, 4.69) is 10.4 Å². The summed E-state index contributed by atoms with van der Waals surface area (Å²) >= 11 is 0. The van der Waals surface area contributed by atoms with E-state index in [0.29, 0.717) is 11.8 Å². The molecule has 0 aliphatic heterocycles. The molecule has 7 nitrogen and oxygen atoms in total. The lowest BCUT2D eigenvalue weighted by molar-refractivity contribution is -0.388. The van der Waals surface area contributed by atoms with Gasteiger partial charge in [0.25, 0.3) is 0 Å². The highest BCUT2D eigenvalue weighted by Crippen LogP contribution is 2.49. The Morgan fingerprint density at radius 2 is 2.12 bits per heavy atom. The van der Waals surface area contributed by atoms with Gasteiger partial charge in [0, 0.05) is 6.04 Å². The molecule has 0 spiro atoms. The van der Waals surface area contributed by atoms with E-state index in [9.17, 15) is 28.1 Å². The average molecular weight is 374 g/mol. The first-order valence-electron chi connectivity index (χ1n) is 8.66. The minimum atomic E-state index is -4.95. The number of amides is 1. The van der Waals surface area contributed by atoms with Gasteiger partial charge in [-0.2, -0.15) is 18.3 Å². The van der Waals surface area contributed by atoms with Crippen molar-refractivity contribution in [3.8, 4) is 0 Å². The fraction of sp³-hybridized carbons (Fsp3) is 0.750. The van der Waals surface area contributed by atoms with Crippen LogP contribution in [0.5, 0.6) is 0 Å². The molecule has 2 fully saturated rings. The summed E-state index contributed by atoms with van der Waals surface area (Å²) < 4.78 is 39.6. The van der Waals surface area contributed by atoms with Crippen molar-refractivity contribution in [1.82, 2.24) is 15.1 Å². The summed E-state index contributed by atoms with van der Waals surface area (Å²) in [5, 5.41) is 17.1. The Morgan fingerprint density at radius 1 is 1.42 bits per heavy atom. The number of nitro groups is 1. The lowest BCUT2D eigenvalue weighted by atomic mass is 9.84. The highest BCUT2D eigenvalue weighted by atomic mass is 19.4. The molecule has 2 aliphatic carbocycles. The second-order valence-electron chi connectivity index (χ2n) is 7.39. The second kappa shape index (κ2) is 6.55. The molecule has 0 aromatic carbocycles. The largest absolute Gasteiger partial charge is 0.442 e. The molecule has 4 unspecified atom stereocenters. The molecular formula is C16H21F3N4O3. The van der Waals surface area contributed by atoms with Crippen molar-refractivity contribution in [1.29, 1.82) is 0 Å². The molecule has 26 heavy (non-hydrogen) atoms. The van der Waals surface area contributed by atoms with E-state index < -0.39 is 34.9 Å². The zero-order chi connectivity index (χ0) is 19.2. The number of fused-ring (bicyclic) bond motifs is 2. The first-order valence-corrected chi connectivity index (χ1v) is 8.66. The zero-order valence-electron chi connectivity index (χ0n) is 14.5. The van der Waals surface area contributed by atoms with E-state index in [-0.39, 0.29) is 11.7 Å². The predicted molar refractivity (Wildman–Crippen MR) is 85.2 cm³/mol. The van der Waals surface area contributed by atoms with Gasteiger partial charge >= 0.3 is 11.9 Å². The number of rotatable bonds is 5. The molecule has 1 N–H and O–H groups in total. The van der Waals surface area contributed by atoms with Crippen LogP contribution in [0.3, 0.4) is 0 Å². The molecule has 4 atom stereocenters. The molecule has 0 radical (unpaired) electrons. The monoisotopic (exact) mass is 374 g/mol. The molecule has 2 saturated carbocycles. The summed E-state index contributed by atoms with van der Waals surface area (Å²) in [5.41, 5.74) is -2.97. The average Bonchev–Trinajstić information content (AvgIpc) is 3.21. The van der Waals surface area contributed by atoms with Gasteiger partial charge in [0.2, 0.25) is 11.6 Å². The fourth-order valence-electron chi connectivity index (χ4n) is 4.55. The SMILES string of the molecule is Cc1c([N+](=O)[O-])c(C(F)(F)F)nn1CC(=O)NC(C)C1CC2CCC1C2. The first kappa shape index (κ1) is 18.7. The maximum atomic E-state index is 13.0. The molecular weight excluding hydrogens is 353 g/mol. The van der Waals surface area contributed by atoms with Crippen LogP contribution in [-0.2, 0) is 17.5 Å². The van der Waals surface area contributed by atoms with E-state index in [1.165, 1.54) is 12.8 Å². The number of nitrogens with one attached hydrogen (secondary N) is 1. The third-order valence-corrected chi connectivity index (χ3v) is 5.74. The smallest absolute Gasteiger partial charge is 0.352 e. The van der Waals surface area contributed by atoms with Gasteiger partial charge in [-0.3, -0.25) is 19.6 Å². The van der Waals surface area contributed by atoms with Crippen molar-refractivity contribution in [3.05, 3.63) is 21.5 Å². The van der Waals surface area contributed by atoms with Crippen LogP contribution < -0.4 is 5.32 Å². The van der Waals surface area contributed by atoms with E-state index in [4.69, 9.17) is 0 Å². The number of nitrogens with zero attached hydrogens (tertiary/aromatic N) is 3. The topological polar surface area (TPSA) is 90.1 Å². The number of hydrogen-bond donors (Lipinski definition) is 1. The number of alkyl halides is 3. The molecule has 1 aromatic heterocycles. The molecule has 2 aliphatic rings. The van der Waals surface area contributed by atoms with Crippen molar-refractivity contribution in [3.63, 3.8) is 0 Å². The van der Waals surface area contributed by atoms with E-state index >= 15 is 0 Å². The maximum absolute atomic E-state index is 13.0. The van der Waals surface area contributed by atoms with Crippen LogP contribution in [0, 0.1) is 34.8 Å². The van der Waals surface area contributed by atoms with Gasteiger partial charge in [0.15, 0.2) is 0 Å². The van der Waals surface area contributed by atoms with Gasteiger partial charge in [0.05, 0.1) is 4.92 Å². The van der Waals surface area contributed by atoms with Crippen molar-refractivity contribution in [2.45, 2.75) is 58.3 Å². The van der Waals surface area contributed by atoms with Crippen LogP contribution in [0.2, 0.25) is 0 Å². The van der Waals surface area contributed by atoms with Crippen LogP contribution in [0.25, 0.3) is 0 Å². The van der Waals surface area contributed by atoms with Crippen molar-refractivity contribution >= 4 is 11.6 Å². The molecule has 1 heterocycles. The molecule has 2 bridgehead atoms. The number of halogens is 3. The van der Waals surface area contributed by atoms with Crippen LogP contribution in [0.15, 0.2) is 0 Å². The molecule has 10 heteroatoms. The summed E-state index contributed by atoms with van der Waals surface area (Å²) in [5.74, 6) is 1.21. The molecule has 3 rings (SSSR count). The van der Waals surface area contributed by atoms with Crippen LogP contribution in [0.4, 0.5) is 18.9 Å². The highest BCUT2D eigenvalue weighted by Gasteiger charge is 2.45. The summed E-state index contributed by atoms with van der Waals surface area (Å²) in [6.07, 6.45) is -0.306. The van der Waals surface area contributed by atoms with Gasteiger partial charge in [-0.25, -0.2) is 0 Å². The van der Waals surface area contributed by atoms with Gasteiger partial charge in [0.1, 0.15) is 12.2 Å². The number of aromatic nitrogens is 2. The second-order valence-corrected chi connectivity index (χ2v) is 7.39. The van der Waals surface area contributed by atoms with E-state index in [0.717, 1.165) is 30.4 Å². The summed E-state index contributed by atoms with van der Waals surface area (Å²) in [6, 6.07) is -0.0780. The van der Waals surface area contributed by atoms with Gasteiger partial charge in [-0.05, 0) is 50.9 Å². The molecule has 144 valence electrons. The number of carbonyl (C=O) groups is 1. The summed E-state index contributed by atoms with van der Waals surface area (Å²) in [6.45, 7) is 2.59. The fourth-order valence-corrected chi connectivity index (χ4v) is 4.55. The lowest BCUT2D eigenvalue weighted by Gasteiger charge is -2.28. The van der Waals surface area contributed by atoms with Gasteiger partial charge in [-0.1, -0.05) is 6.42 Å². The Kier molecular flexibility index (Phi) is 4.70. The van der Waals surface area contributed by atoms with Gasteiger partial charge < -0.3 is 5.32 Å². The quantitative estimate of drug-likeness (QED) is 0.634. The van der Waals surface area contributed by atoms with Crippen LogP contribution in [0.1, 0.15) is 44.0 Å². The minimum absolute atomic E-state index is 0.0780. The molecule has 1 aromatic rings. The summed E-state index contributed by atoms with van der Waals surface area (Å²) in [7, 11) is 0. The Morgan fingerprint density at radius 3 is 2.58 bits per heavy atom. The number of hydrogen-bond acceptors (Lipinski definition) is 4. The Bertz CT molecular complexity index is 731. The Hall–Kier alpha value is -2.13. The first-order chi connectivity index (χ1) is 12.1. The predicted octanol–water partition coefficient (Wildman–Crippen LogP) is 3.06. The van der Waals surface area contributed by atoms with Gasteiger partial charge in [-0.15, -0.1) is 0 Å². The van der Waals surface area contributed by atoms with E-state index in [1.807, 2.05) is 6.92 Å². The zero-order valence-corrected chi connectivity index (χ0v) is 14.5. The Labute approximate surface area is 148 Å². The normalized spacial score (nSPS) is 26.1. The standard InChI is InChI=1S/C16H21F3N4O3/c1-8(12-6-10-3-4-11(12)5-10)20-13(24)7-22-9(2)14(23(25)26)15(21-22)16(17,18)19/h8,10-12H,3-7H2,1-2H3,(H,20,24). The minimum Gasteiger partial charge on any atom is -0.352 e. The maximum Gasteiger partial charge on any atom is 0.442 e. The Balaban J connectivity index is 1.70. The van der Waals surface area contributed by atoms with E-state index in [1.54, 1.807) is 0 Å². The third-order valence-electron chi connectivity index (χ3n) is 5.74. The van der Waals surface area contributed by atoms with Crippen molar-refractivity contribution in [2.24, 2.45) is 17.8 Å². The summed E-state index contributed by atoms with van der Waals surface area (Å²) in [4.78, 5) is 22.1. The van der Waals surface area contributed by atoms with Crippen LogP contribution >= 0.6 is 0 Å². The molecule has 0 saturated heterocycles. The third kappa shape index (κ3) is 3.41. The highest BCUT2D eigenvalue weighted by molar-refractivity contribution is 5.76. The van der Waals surface area contributed by atoms with Crippen molar-refractivity contribution < 1.29 is 22.9 Å².